The minimum atomic E-state index is 0.135. The highest BCUT2D eigenvalue weighted by Crippen LogP contribution is 2.14. The van der Waals surface area contributed by atoms with Crippen LogP contribution in [0.2, 0.25) is 0 Å². The van der Waals surface area contributed by atoms with Crippen molar-refractivity contribution in [2.24, 2.45) is 0 Å². The van der Waals surface area contributed by atoms with Gasteiger partial charge in [-0.3, -0.25) is 4.79 Å². The minimum Gasteiger partial charge on any atom is -0.478 e. The summed E-state index contributed by atoms with van der Waals surface area (Å²) in [5, 5.41) is 2.88. The first-order valence-corrected chi connectivity index (χ1v) is 6.87. The van der Waals surface area contributed by atoms with E-state index in [-0.39, 0.29) is 5.91 Å². The largest absolute Gasteiger partial charge is 0.478 e. The van der Waals surface area contributed by atoms with Crippen molar-refractivity contribution < 1.29 is 9.53 Å². The number of likely N-dealkylation sites (N-methyl/N-ethyl adjacent to an activating group) is 1. The summed E-state index contributed by atoms with van der Waals surface area (Å²) in [6.45, 7) is 5.77. The van der Waals surface area contributed by atoms with Gasteiger partial charge in [0, 0.05) is 38.4 Å². The molecule has 0 atom stereocenters. The Bertz CT molecular complexity index is 446. The molecule has 20 heavy (non-hydrogen) atoms. The Labute approximate surface area is 118 Å². The van der Waals surface area contributed by atoms with Crippen molar-refractivity contribution >= 4 is 11.9 Å². The highest BCUT2D eigenvalue weighted by atomic mass is 16.5. The summed E-state index contributed by atoms with van der Waals surface area (Å²) in [5.41, 5.74) is 0. The van der Waals surface area contributed by atoms with Crippen LogP contribution in [0.15, 0.2) is 12.3 Å². The molecule has 1 saturated heterocycles. The van der Waals surface area contributed by atoms with Crippen LogP contribution in [0.4, 0.5) is 5.95 Å². The van der Waals surface area contributed by atoms with Crippen LogP contribution in [0.5, 0.6) is 5.88 Å². The number of aromatic nitrogens is 2. The number of ether oxygens (including phenoxy) is 1. The molecule has 110 valence electrons. The fraction of sp³-hybridized carbons (Fsp3) is 0.615. The molecular formula is C13H21N5O2. The number of carbonyl (C=O) groups excluding carboxylic acids is 1. The van der Waals surface area contributed by atoms with Crippen LogP contribution in [-0.4, -0.2) is 67.2 Å². The topological polar surface area (TPSA) is 70.6 Å². The van der Waals surface area contributed by atoms with Crippen LogP contribution in [0.1, 0.15) is 6.92 Å². The molecule has 1 aromatic heterocycles. The molecule has 1 aliphatic heterocycles. The molecule has 0 spiro atoms. The second-order valence-electron chi connectivity index (χ2n) is 4.53. The Morgan fingerprint density at radius 2 is 2.15 bits per heavy atom. The van der Waals surface area contributed by atoms with Gasteiger partial charge in [-0.05, 0) is 14.0 Å². The average Bonchev–Trinajstić information content (AvgIpc) is 2.48. The summed E-state index contributed by atoms with van der Waals surface area (Å²) in [6.07, 6.45) is 1.70. The minimum absolute atomic E-state index is 0.135. The average molecular weight is 279 g/mol. The maximum absolute atomic E-state index is 11.8. The van der Waals surface area contributed by atoms with Gasteiger partial charge in [-0.25, -0.2) is 4.98 Å². The fourth-order valence-corrected chi connectivity index (χ4v) is 2.13. The molecule has 0 unspecified atom stereocenters. The first-order valence-electron chi connectivity index (χ1n) is 6.87. The number of rotatable bonds is 5. The molecule has 2 rings (SSSR count). The van der Waals surface area contributed by atoms with Crippen LogP contribution >= 0.6 is 0 Å². The zero-order valence-electron chi connectivity index (χ0n) is 12.0. The second-order valence-corrected chi connectivity index (χ2v) is 4.53. The van der Waals surface area contributed by atoms with E-state index < -0.39 is 0 Å². The molecule has 1 N–H and O–H groups in total. The van der Waals surface area contributed by atoms with Gasteiger partial charge in [0.1, 0.15) is 0 Å². The van der Waals surface area contributed by atoms with Gasteiger partial charge in [0.05, 0.1) is 13.2 Å². The predicted molar refractivity (Wildman–Crippen MR) is 75.9 cm³/mol. The van der Waals surface area contributed by atoms with Crippen LogP contribution in [0.3, 0.4) is 0 Å². The van der Waals surface area contributed by atoms with Gasteiger partial charge in [0.15, 0.2) is 0 Å². The lowest BCUT2D eigenvalue weighted by molar-refractivity contribution is -0.130. The van der Waals surface area contributed by atoms with E-state index >= 15 is 0 Å². The van der Waals surface area contributed by atoms with E-state index in [1.54, 1.807) is 19.3 Å². The smallest absolute Gasteiger partial charge is 0.236 e. The van der Waals surface area contributed by atoms with Crippen molar-refractivity contribution in [2.75, 3.05) is 51.3 Å². The highest BCUT2D eigenvalue weighted by molar-refractivity contribution is 5.78. The van der Waals surface area contributed by atoms with E-state index in [4.69, 9.17) is 4.74 Å². The third-order valence-electron chi connectivity index (χ3n) is 3.15. The summed E-state index contributed by atoms with van der Waals surface area (Å²) in [5.74, 6) is 1.39. The summed E-state index contributed by atoms with van der Waals surface area (Å²) in [4.78, 5) is 24.3. The Hall–Kier alpha value is -1.89. The van der Waals surface area contributed by atoms with E-state index in [0.29, 0.717) is 38.1 Å². The summed E-state index contributed by atoms with van der Waals surface area (Å²) in [6, 6.07) is 1.75. The van der Waals surface area contributed by atoms with Gasteiger partial charge in [-0.2, -0.15) is 4.98 Å². The maximum Gasteiger partial charge on any atom is 0.236 e. The molecule has 1 aliphatic rings. The van der Waals surface area contributed by atoms with Gasteiger partial charge in [-0.15, -0.1) is 0 Å². The quantitative estimate of drug-likeness (QED) is 0.801. The van der Waals surface area contributed by atoms with Crippen molar-refractivity contribution in [3.8, 4) is 5.88 Å². The monoisotopic (exact) mass is 279 g/mol. The molecule has 0 bridgehead atoms. The lowest BCUT2D eigenvalue weighted by atomic mass is 10.3. The van der Waals surface area contributed by atoms with Crippen LogP contribution in [0, 0.1) is 0 Å². The van der Waals surface area contributed by atoms with E-state index in [1.807, 2.05) is 11.8 Å². The summed E-state index contributed by atoms with van der Waals surface area (Å²) < 4.78 is 5.38. The van der Waals surface area contributed by atoms with E-state index in [0.717, 1.165) is 13.1 Å². The lowest BCUT2D eigenvalue weighted by Gasteiger charge is -2.34. The van der Waals surface area contributed by atoms with Crippen molar-refractivity contribution in [1.82, 2.24) is 20.2 Å². The predicted octanol–water partition coefficient (Wildman–Crippen LogP) is -0.257. The summed E-state index contributed by atoms with van der Waals surface area (Å²) in [7, 11) is 1.78. The maximum atomic E-state index is 11.8. The number of nitrogens with one attached hydrogen (secondary N) is 1. The number of hydrogen-bond donors (Lipinski definition) is 1. The molecule has 7 heteroatoms. The van der Waals surface area contributed by atoms with Crippen molar-refractivity contribution in [1.29, 1.82) is 0 Å². The molecule has 0 saturated carbocycles. The van der Waals surface area contributed by atoms with Crippen molar-refractivity contribution in [3.63, 3.8) is 0 Å². The number of hydrogen-bond acceptors (Lipinski definition) is 6. The number of carbonyl (C=O) groups is 1. The SMILES string of the molecule is CCOc1ccnc(N2CCN(C(=O)CNC)CC2)n1. The molecule has 1 fully saturated rings. The van der Waals surface area contributed by atoms with Crippen LogP contribution < -0.4 is 15.0 Å². The number of piperazine rings is 1. The molecule has 0 aromatic carbocycles. The molecule has 7 nitrogen and oxygen atoms in total. The molecule has 0 aliphatic carbocycles. The fourth-order valence-electron chi connectivity index (χ4n) is 2.13. The zero-order chi connectivity index (χ0) is 14.4. The third-order valence-corrected chi connectivity index (χ3v) is 3.15. The number of anilines is 1. The highest BCUT2D eigenvalue weighted by Gasteiger charge is 2.22. The molecular weight excluding hydrogens is 258 g/mol. The lowest BCUT2D eigenvalue weighted by Crippen LogP contribution is -2.51. The summed E-state index contributed by atoms with van der Waals surface area (Å²) >= 11 is 0. The number of nitrogens with zero attached hydrogens (tertiary/aromatic N) is 4. The van der Waals surface area contributed by atoms with Gasteiger partial charge < -0.3 is 19.9 Å². The Balaban J connectivity index is 1.93. The van der Waals surface area contributed by atoms with Gasteiger partial charge in [0.25, 0.3) is 0 Å². The van der Waals surface area contributed by atoms with E-state index in [1.165, 1.54) is 0 Å². The molecule has 1 amide bonds. The first kappa shape index (κ1) is 14.5. The van der Waals surface area contributed by atoms with Crippen molar-refractivity contribution in [3.05, 3.63) is 12.3 Å². The zero-order valence-corrected chi connectivity index (χ0v) is 12.0. The van der Waals surface area contributed by atoms with E-state index in [2.05, 4.69) is 20.2 Å². The standard InChI is InChI=1S/C13H21N5O2/c1-3-20-11-4-5-15-13(16-11)18-8-6-17(7-9-18)12(19)10-14-2/h4-5,14H,3,6-10H2,1-2H3. The van der Waals surface area contributed by atoms with Gasteiger partial charge in [-0.1, -0.05) is 0 Å². The Kier molecular flexibility index (Phi) is 5.11. The molecule has 1 aromatic rings. The molecule has 2 heterocycles. The first-order chi connectivity index (χ1) is 9.74. The Morgan fingerprint density at radius 1 is 1.40 bits per heavy atom. The second kappa shape index (κ2) is 7.04. The normalized spacial score (nSPS) is 15.3. The third kappa shape index (κ3) is 3.57. The number of amides is 1. The van der Waals surface area contributed by atoms with Gasteiger partial charge in [0.2, 0.25) is 17.7 Å². The molecule has 0 radical (unpaired) electrons. The van der Waals surface area contributed by atoms with Crippen LogP contribution in [-0.2, 0) is 4.79 Å². The van der Waals surface area contributed by atoms with Gasteiger partial charge >= 0.3 is 0 Å². The van der Waals surface area contributed by atoms with E-state index in [9.17, 15) is 4.79 Å². The van der Waals surface area contributed by atoms with Crippen LogP contribution in [0.25, 0.3) is 0 Å². The Morgan fingerprint density at radius 3 is 2.80 bits per heavy atom. The van der Waals surface area contributed by atoms with Crippen molar-refractivity contribution in [2.45, 2.75) is 6.92 Å².